The molecule has 3 amide bonds. The molecular weight excluding hydrogens is 382 g/mol. The molecule has 2 aromatic carbocycles. The van der Waals surface area contributed by atoms with Crippen molar-refractivity contribution in [3.63, 3.8) is 0 Å². The number of nitrogens with one attached hydrogen (secondary N) is 2. The van der Waals surface area contributed by atoms with E-state index in [1.54, 1.807) is 0 Å². The molecule has 1 aliphatic rings. The molecule has 146 valence electrons. The smallest absolute Gasteiger partial charge is 0.258 e. The van der Waals surface area contributed by atoms with E-state index in [1.165, 1.54) is 19.2 Å². The minimum Gasteiger partial charge on any atom is -0.324 e. The molecule has 0 unspecified atom stereocenters. The SMILES string of the molecule is Cc1cccc(C)c1NC(=O)CN(C)S(=O)(=O)c1ccc2c(c1)C(=O)NC2=O. The number of sulfonamides is 1. The lowest BCUT2D eigenvalue weighted by Gasteiger charge is -2.18. The zero-order valence-corrected chi connectivity index (χ0v) is 16.4. The summed E-state index contributed by atoms with van der Waals surface area (Å²) in [7, 11) is -2.75. The number of aryl methyl sites for hydroxylation is 2. The Morgan fingerprint density at radius 3 is 2.29 bits per heavy atom. The first-order valence-electron chi connectivity index (χ1n) is 8.43. The second-order valence-corrected chi connectivity index (χ2v) is 8.61. The molecule has 0 saturated heterocycles. The summed E-state index contributed by atoms with van der Waals surface area (Å²) in [6.45, 7) is 3.29. The van der Waals surface area contributed by atoms with Gasteiger partial charge in [0.05, 0.1) is 22.6 Å². The van der Waals surface area contributed by atoms with Crippen molar-refractivity contribution in [1.82, 2.24) is 9.62 Å². The van der Waals surface area contributed by atoms with Gasteiger partial charge >= 0.3 is 0 Å². The van der Waals surface area contributed by atoms with E-state index in [1.807, 2.05) is 32.0 Å². The van der Waals surface area contributed by atoms with Gasteiger partial charge < -0.3 is 5.32 Å². The lowest BCUT2D eigenvalue weighted by atomic mass is 10.1. The molecule has 1 aliphatic heterocycles. The number of amides is 3. The molecule has 0 aromatic heterocycles. The average molecular weight is 401 g/mol. The quantitative estimate of drug-likeness (QED) is 0.737. The fourth-order valence-corrected chi connectivity index (χ4v) is 4.12. The minimum atomic E-state index is -4.03. The second kappa shape index (κ2) is 7.17. The number of carbonyl (C=O) groups is 3. The second-order valence-electron chi connectivity index (χ2n) is 6.57. The van der Waals surface area contributed by atoms with Crippen LogP contribution in [0.25, 0.3) is 0 Å². The third kappa shape index (κ3) is 3.54. The maximum Gasteiger partial charge on any atom is 0.258 e. The van der Waals surface area contributed by atoms with Gasteiger partial charge in [-0.2, -0.15) is 4.31 Å². The van der Waals surface area contributed by atoms with E-state index in [0.29, 0.717) is 5.69 Å². The van der Waals surface area contributed by atoms with Gasteiger partial charge in [-0.1, -0.05) is 18.2 Å². The van der Waals surface area contributed by atoms with Crippen molar-refractivity contribution in [1.29, 1.82) is 0 Å². The number of hydrogen-bond donors (Lipinski definition) is 2. The van der Waals surface area contributed by atoms with Crippen LogP contribution in [0, 0.1) is 13.8 Å². The molecule has 0 spiro atoms. The summed E-state index contributed by atoms with van der Waals surface area (Å²) in [5.41, 5.74) is 2.51. The molecule has 0 bridgehead atoms. The maximum absolute atomic E-state index is 12.8. The fraction of sp³-hybridized carbons (Fsp3) is 0.211. The molecule has 0 atom stereocenters. The van der Waals surface area contributed by atoms with E-state index >= 15 is 0 Å². The molecule has 3 rings (SSSR count). The van der Waals surface area contributed by atoms with E-state index in [0.717, 1.165) is 21.5 Å². The largest absolute Gasteiger partial charge is 0.324 e. The van der Waals surface area contributed by atoms with Crippen molar-refractivity contribution in [2.24, 2.45) is 0 Å². The lowest BCUT2D eigenvalue weighted by Crippen LogP contribution is -2.35. The molecule has 0 radical (unpaired) electrons. The standard InChI is InChI=1S/C19H19N3O5S/c1-11-5-4-6-12(2)17(11)20-16(23)10-22(3)28(26,27)13-7-8-14-15(9-13)19(25)21-18(14)24/h4-9H,10H2,1-3H3,(H,20,23)(H,21,24,25). The van der Waals surface area contributed by atoms with E-state index in [2.05, 4.69) is 10.6 Å². The van der Waals surface area contributed by atoms with Gasteiger partial charge in [-0.15, -0.1) is 0 Å². The van der Waals surface area contributed by atoms with Crippen molar-refractivity contribution in [2.45, 2.75) is 18.7 Å². The lowest BCUT2D eigenvalue weighted by molar-refractivity contribution is -0.116. The van der Waals surface area contributed by atoms with Crippen molar-refractivity contribution in [3.8, 4) is 0 Å². The Morgan fingerprint density at radius 2 is 1.64 bits per heavy atom. The van der Waals surface area contributed by atoms with Crippen LogP contribution in [0.3, 0.4) is 0 Å². The van der Waals surface area contributed by atoms with E-state index < -0.39 is 34.3 Å². The number of rotatable bonds is 5. The fourth-order valence-electron chi connectivity index (χ4n) is 2.97. The predicted octanol–water partition coefficient (Wildman–Crippen LogP) is 1.45. The monoisotopic (exact) mass is 401 g/mol. The topological polar surface area (TPSA) is 113 Å². The number of nitrogens with zero attached hydrogens (tertiary/aromatic N) is 1. The predicted molar refractivity (Wildman–Crippen MR) is 103 cm³/mol. The van der Waals surface area contributed by atoms with Gasteiger partial charge in [0.1, 0.15) is 0 Å². The first-order valence-corrected chi connectivity index (χ1v) is 9.87. The van der Waals surface area contributed by atoms with Crippen LogP contribution in [0.1, 0.15) is 31.8 Å². The first-order chi connectivity index (χ1) is 13.1. The Balaban J connectivity index is 1.79. The number of imide groups is 1. The third-order valence-electron chi connectivity index (χ3n) is 4.53. The van der Waals surface area contributed by atoms with Crippen LogP contribution in [-0.4, -0.2) is 44.0 Å². The van der Waals surface area contributed by atoms with Crippen molar-refractivity contribution < 1.29 is 22.8 Å². The Hall–Kier alpha value is -3.04. The summed E-state index contributed by atoms with van der Waals surface area (Å²) in [5.74, 6) is -1.70. The summed E-state index contributed by atoms with van der Waals surface area (Å²) in [6, 6.07) is 9.23. The Morgan fingerprint density at radius 1 is 1.04 bits per heavy atom. The van der Waals surface area contributed by atoms with Gasteiger partial charge in [0.25, 0.3) is 11.8 Å². The summed E-state index contributed by atoms with van der Waals surface area (Å²) in [5, 5.41) is 4.84. The number of carbonyl (C=O) groups excluding carboxylic acids is 3. The van der Waals surface area contributed by atoms with Crippen molar-refractivity contribution >= 4 is 33.4 Å². The van der Waals surface area contributed by atoms with Crippen LogP contribution in [0.5, 0.6) is 0 Å². The molecule has 0 saturated carbocycles. The molecule has 9 heteroatoms. The van der Waals surface area contributed by atoms with Crippen LogP contribution in [-0.2, 0) is 14.8 Å². The van der Waals surface area contributed by atoms with Crippen molar-refractivity contribution in [3.05, 3.63) is 58.7 Å². The number of para-hydroxylation sites is 1. The Kier molecular flexibility index (Phi) is 5.05. The van der Waals surface area contributed by atoms with E-state index in [-0.39, 0.29) is 16.0 Å². The van der Waals surface area contributed by atoms with Gasteiger partial charge in [0.15, 0.2) is 0 Å². The highest BCUT2D eigenvalue weighted by Gasteiger charge is 2.30. The molecule has 1 heterocycles. The van der Waals surface area contributed by atoms with Gasteiger partial charge in [-0.3, -0.25) is 19.7 Å². The van der Waals surface area contributed by atoms with Crippen LogP contribution < -0.4 is 10.6 Å². The van der Waals surface area contributed by atoms with Gasteiger partial charge in [0.2, 0.25) is 15.9 Å². The molecule has 2 aromatic rings. The molecule has 2 N–H and O–H groups in total. The molecule has 28 heavy (non-hydrogen) atoms. The van der Waals surface area contributed by atoms with Crippen molar-refractivity contribution in [2.75, 3.05) is 18.9 Å². The van der Waals surface area contributed by atoms with Gasteiger partial charge in [-0.25, -0.2) is 8.42 Å². The van der Waals surface area contributed by atoms with E-state index in [9.17, 15) is 22.8 Å². The molecule has 8 nitrogen and oxygen atoms in total. The molecule has 0 fully saturated rings. The highest BCUT2D eigenvalue weighted by Crippen LogP contribution is 2.23. The molecular formula is C19H19N3O5S. The summed E-state index contributed by atoms with van der Waals surface area (Å²) in [4.78, 5) is 35.6. The number of likely N-dealkylation sites (N-methyl/N-ethyl adjacent to an activating group) is 1. The number of hydrogen-bond acceptors (Lipinski definition) is 5. The van der Waals surface area contributed by atoms with Crippen LogP contribution >= 0.6 is 0 Å². The summed E-state index contributed by atoms with van der Waals surface area (Å²) in [6.07, 6.45) is 0. The Labute approximate surface area is 162 Å². The average Bonchev–Trinajstić information content (AvgIpc) is 2.92. The van der Waals surface area contributed by atoms with Gasteiger partial charge in [0, 0.05) is 12.7 Å². The first kappa shape index (κ1) is 19.7. The van der Waals surface area contributed by atoms with Crippen LogP contribution in [0.4, 0.5) is 5.69 Å². The number of fused-ring (bicyclic) bond motifs is 1. The highest BCUT2D eigenvalue weighted by atomic mass is 32.2. The zero-order chi connectivity index (χ0) is 20.6. The van der Waals surface area contributed by atoms with Crippen LogP contribution in [0.15, 0.2) is 41.3 Å². The maximum atomic E-state index is 12.8. The van der Waals surface area contributed by atoms with Crippen LogP contribution in [0.2, 0.25) is 0 Å². The Bertz CT molecular complexity index is 1090. The number of benzene rings is 2. The minimum absolute atomic E-state index is 0.000498. The molecule has 0 aliphatic carbocycles. The van der Waals surface area contributed by atoms with Gasteiger partial charge in [-0.05, 0) is 43.2 Å². The summed E-state index contributed by atoms with van der Waals surface area (Å²) < 4.78 is 26.4. The van der Waals surface area contributed by atoms with E-state index in [4.69, 9.17) is 0 Å². The normalized spacial score (nSPS) is 13.4. The zero-order valence-electron chi connectivity index (χ0n) is 15.6. The third-order valence-corrected chi connectivity index (χ3v) is 6.33. The highest BCUT2D eigenvalue weighted by molar-refractivity contribution is 7.89. The number of anilines is 1. The summed E-state index contributed by atoms with van der Waals surface area (Å²) >= 11 is 0.